The van der Waals surface area contributed by atoms with Crippen LogP contribution in [0.2, 0.25) is 5.02 Å². The summed E-state index contributed by atoms with van der Waals surface area (Å²) in [7, 11) is 1.60. The van der Waals surface area contributed by atoms with Gasteiger partial charge < -0.3 is 19.5 Å². The second-order valence-corrected chi connectivity index (χ2v) is 10.9. The highest BCUT2D eigenvalue weighted by Gasteiger charge is 2.58. The van der Waals surface area contributed by atoms with Gasteiger partial charge in [0.05, 0.1) is 17.7 Å². The number of halogens is 1. The smallest absolute Gasteiger partial charge is 0.335 e. The van der Waals surface area contributed by atoms with Gasteiger partial charge >= 0.3 is 5.97 Å². The first-order chi connectivity index (χ1) is 15.9. The molecule has 1 spiro atoms. The quantitative estimate of drug-likeness (QED) is 0.639. The minimum absolute atomic E-state index is 0.200. The zero-order valence-corrected chi connectivity index (χ0v) is 20.1. The summed E-state index contributed by atoms with van der Waals surface area (Å²) in [5.41, 5.74) is 1.60. The van der Waals surface area contributed by atoms with Crippen LogP contribution >= 0.6 is 11.6 Å². The maximum Gasteiger partial charge on any atom is 0.335 e. The van der Waals surface area contributed by atoms with Crippen LogP contribution < -0.4 is 4.74 Å². The van der Waals surface area contributed by atoms with Crippen LogP contribution in [0.15, 0.2) is 12.1 Å². The van der Waals surface area contributed by atoms with Gasteiger partial charge in [-0.25, -0.2) is 4.79 Å². The van der Waals surface area contributed by atoms with Gasteiger partial charge in [-0.3, -0.25) is 4.79 Å². The predicted molar refractivity (Wildman–Crippen MR) is 125 cm³/mol. The summed E-state index contributed by atoms with van der Waals surface area (Å²) < 4.78 is 11.1. The lowest BCUT2D eigenvalue weighted by Crippen LogP contribution is -2.44. The minimum Gasteiger partial charge on any atom is -0.495 e. The van der Waals surface area contributed by atoms with E-state index in [9.17, 15) is 14.7 Å². The summed E-state index contributed by atoms with van der Waals surface area (Å²) in [5.74, 6) is 1.65. The second kappa shape index (κ2) is 9.10. The molecule has 0 bridgehead atoms. The van der Waals surface area contributed by atoms with Crippen molar-refractivity contribution in [3.63, 3.8) is 0 Å². The van der Waals surface area contributed by atoms with Crippen molar-refractivity contribution in [1.29, 1.82) is 0 Å². The molecule has 5 rings (SSSR count). The number of ether oxygens (including phenoxy) is 2. The maximum absolute atomic E-state index is 12.7. The Morgan fingerprint density at radius 3 is 2.48 bits per heavy atom. The molecular formula is C26H34ClNO5. The third-order valence-corrected chi connectivity index (χ3v) is 9.11. The summed E-state index contributed by atoms with van der Waals surface area (Å²) >= 11 is 6.34. The highest BCUT2D eigenvalue weighted by atomic mass is 35.5. The molecule has 2 aliphatic carbocycles. The van der Waals surface area contributed by atoms with Gasteiger partial charge in [-0.05, 0) is 98.7 Å². The number of nitrogens with zero attached hydrogens (tertiary/aromatic N) is 1. The van der Waals surface area contributed by atoms with Crippen LogP contribution in [0.1, 0.15) is 79.6 Å². The predicted octanol–water partition coefficient (Wildman–Crippen LogP) is 5.13. The summed E-state index contributed by atoms with van der Waals surface area (Å²) in [6.45, 7) is 2.47. The number of methoxy groups -OCH3 is 1. The van der Waals surface area contributed by atoms with Crippen LogP contribution in [0.5, 0.6) is 5.75 Å². The zero-order chi connectivity index (χ0) is 23.2. The number of rotatable bonds is 5. The number of carbonyl (C=O) groups is 2. The van der Waals surface area contributed by atoms with Crippen LogP contribution in [0.4, 0.5) is 0 Å². The number of carboxylic acids is 1. The SMILES string of the molecule is COc1c(Cl)cc(C(=O)O)cc1C1CCC([C@H]2CC23CCN(C(=O)[C@H]2CCCO2)CC3)CC1. The highest BCUT2D eigenvalue weighted by Crippen LogP contribution is 2.65. The lowest BCUT2D eigenvalue weighted by atomic mass is 9.74. The largest absolute Gasteiger partial charge is 0.495 e. The van der Waals surface area contributed by atoms with E-state index in [2.05, 4.69) is 0 Å². The zero-order valence-electron chi connectivity index (χ0n) is 19.4. The van der Waals surface area contributed by atoms with Gasteiger partial charge in [0.1, 0.15) is 11.9 Å². The van der Waals surface area contributed by atoms with E-state index < -0.39 is 5.97 Å². The Bertz CT molecular complexity index is 912. The summed E-state index contributed by atoms with van der Waals surface area (Å²) in [4.78, 5) is 26.2. The average Bonchev–Trinajstić information content (AvgIpc) is 3.24. The van der Waals surface area contributed by atoms with Crippen molar-refractivity contribution in [2.24, 2.45) is 17.3 Å². The molecule has 180 valence electrons. The first-order valence-corrected chi connectivity index (χ1v) is 12.8. The maximum atomic E-state index is 12.7. The fourth-order valence-corrected chi connectivity index (χ4v) is 7.16. The highest BCUT2D eigenvalue weighted by molar-refractivity contribution is 6.32. The Hall–Kier alpha value is -1.79. The fourth-order valence-electron chi connectivity index (χ4n) is 6.86. The molecule has 2 saturated carbocycles. The molecule has 33 heavy (non-hydrogen) atoms. The first-order valence-electron chi connectivity index (χ1n) is 12.4. The van der Waals surface area contributed by atoms with E-state index in [4.69, 9.17) is 21.1 Å². The van der Waals surface area contributed by atoms with E-state index in [1.807, 2.05) is 4.90 Å². The number of hydrogen-bond acceptors (Lipinski definition) is 4. The third-order valence-electron chi connectivity index (χ3n) is 8.83. The number of carbonyl (C=O) groups excluding carboxylic acids is 1. The van der Waals surface area contributed by atoms with E-state index in [0.29, 0.717) is 16.2 Å². The summed E-state index contributed by atoms with van der Waals surface area (Å²) in [5, 5.41) is 9.82. The molecule has 4 fully saturated rings. The Labute approximate surface area is 200 Å². The molecule has 1 amide bonds. The molecule has 2 heterocycles. The molecule has 7 heteroatoms. The number of aromatic carboxylic acids is 1. The van der Waals surface area contributed by atoms with E-state index >= 15 is 0 Å². The molecule has 0 unspecified atom stereocenters. The van der Waals surface area contributed by atoms with Gasteiger partial charge in [0.25, 0.3) is 5.91 Å². The number of benzene rings is 1. The van der Waals surface area contributed by atoms with E-state index in [1.54, 1.807) is 13.2 Å². The van der Waals surface area contributed by atoms with Crippen molar-refractivity contribution < 1.29 is 24.2 Å². The lowest BCUT2D eigenvalue weighted by Gasteiger charge is -2.36. The molecule has 1 aromatic carbocycles. The van der Waals surface area contributed by atoms with E-state index in [-0.39, 0.29) is 23.5 Å². The number of carboxylic acid groups (broad SMARTS) is 1. The van der Waals surface area contributed by atoms with E-state index in [1.165, 1.54) is 12.5 Å². The summed E-state index contributed by atoms with van der Waals surface area (Å²) in [6, 6.07) is 3.22. The van der Waals surface area contributed by atoms with Gasteiger partial charge in [0.15, 0.2) is 0 Å². The van der Waals surface area contributed by atoms with Gasteiger partial charge in [-0.15, -0.1) is 0 Å². The molecule has 4 aliphatic rings. The van der Waals surface area contributed by atoms with Crippen molar-refractivity contribution in [3.05, 3.63) is 28.3 Å². The third kappa shape index (κ3) is 4.37. The van der Waals surface area contributed by atoms with Crippen molar-refractivity contribution in [2.45, 2.75) is 69.8 Å². The van der Waals surface area contributed by atoms with Crippen molar-refractivity contribution in [3.8, 4) is 5.75 Å². The number of amides is 1. The number of hydrogen-bond donors (Lipinski definition) is 1. The standard InChI is InChI=1S/C26H34ClNO5/c1-32-23-19(13-18(25(30)31)14-21(23)27)16-4-6-17(7-5-16)20-15-26(20)8-10-28(11-9-26)24(29)22-3-2-12-33-22/h13-14,16-17,20,22H,2-12,15H2,1H3,(H,30,31)/t16?,17?,20-,22-/m1/s1. The topological polar surface area (TPSA) is 76.1 Å². The van der Waals surface area contributed by atoms with Crippen LogP contribution in [0.25, 0.3) is 0 Å². The minimum atomic E-state index is -0.960. The molecule has 0 aromatic heterocycles. The van der Waals surface area contributed by atoms with Crippen molar-refractivity contribution in [2.75, 3.05) is 26.8 Å². The fraction of sp³-hybridized carbons (Fsp3) is 0.692. The monoisotopic (exact) mass is 475 g/mol. The second-order valence-electron chi connectivity index (χ2n) is 10.5. The van der Waals surface area contributed by atoms with Gasteiger partial charge in [0.2, 0.25) is 0 Å². The normalized spacial score (nSPS) is 30.9. The lowest BCUT2D eigenvalue weighted by molar-refractivity contribution is -0.142. The Balaban J connectivity index is 1.17. The first kappa shape index (κ1) is 23.0. The molecule has 0 radical (unpaired) electrons. The van der Waals surface area contributed by atoms with Crippen LogP contribution in [0, 0.1) is 17.3 Å². The van der Waals surface area contributed by atoms with Crippen LogP contribution in [-0.2, 0) is 9.53 Å². The Kier molecular flexibility index (Phi) is 6.34. The van der Waals surface area contributed by atoms with Crippen LogP contribution in [0.3, 0.4) is 0 Å². The average molecular weight is 476 g/mol. The number of likely N-dealkylation sites (tertiary alicyclic amines) is 1. The van der Waals surface area contributed by atoms with Crippen LogP contribution in [-0.4, -0.2) is 54.8 Å². The molecule has 2 aliphatic heterocycles. The Morgan fingerprint density at radius 2 is 1.88 bits per heavy atom. The molecule has 2 saturated heterocycles. The summed E-state index contributed by atoms with van der Waals surface area (Å²) in [6.07, 6.45) is 9.62. The number of piperidine rings is 1. The van der Waals surface area contributed by atoms with Gasteiger partial charge in [0, 0.05) is 19.7 Å². The molecule has 2 atom stereocenters. The van der Waals surface area contributed by atoms with E-state index in [0.717, 1.165) is 88.5 Å². The van der Waals surface area contributed by atoms with Gasteiger partial charge in [-0.1, -0.05) is 11.6 Å². The molecule has 1 N–H and O–H groups in total. The molecule has 1 aromatic rings. The van der Waals surface area contributed by atoms with Crippen molar-refractivity contribution in [1.82, 2.24) is 4.90 Å². The Morgan fingerprint density at radius 1 is 1.15 bits per heavy atom. The molecule has 6 nitrogen and oxygen atoms in total. The van der Waals surface area contributed by atoms with Crippen molar-refractivity contribution >= 4 is 23.5 Å². The molecular weight excluding hydrogens is 442 g/mol. The van der Waals surface area contributed by atoms with Gasteiger partial charge in [-0.2, -0.15) is 0 Å².